The Balaban J connectivity index is 1.21. The average Bonchev–Trinajstić information content (AvgIpc) is 3.28. The first-order chi connectivity index (χ1) is 15.3. The zero-order chi connectivity index (χ0) is 20.8. The summed E-state index contributed by atoms with van der Waals surface area (Å²) in [4.78, 5) is 27.5. The lowest BCUT2D eigenvalue weighted by Gasteiger charge is -2.54. The number of thiazole rings is 1. The summed E-state index contributed by atoms with van der Waals surface area (Å²) in [6, 6.07) is 6.93. The molecular weight excluding hydrogens is 404 g/mol. The van der Waals surface area contributed by atoms with E-state index in [1.807, 2.05) is 23.6 Å². The number of aromatic nitrogens is 2. The zero-order valence-corrected chi connectivity index (χ0v) is 18.8. The predicted octanol–water partition coefficient (Wildman–Crippen LogP) is 4.17. The minimum absolute atomic E-state index is 0.243. The topological polar surface area (TPSA) is 49.3 Å². The SMILES string of the molecule is O=C(Cc1csc(-c2ccccn2)n1)N1CCCC2=C[C@H]3C[C@@H](CN4CCCC[C@H]34)[C@@H]21. The third-order valence-corrected chi connectivity index (χ3v) is 8.66. The minimum Gasteiger partial charge on any atom is -0.335 e. The zero-order valence-electron chi connectivity index (χ0n) is 17.9. The smallest absolute Gasteiger partial charge is 0.229 e. The highest BCUT2D eigenvalue weighted by Crippen LogP contribution is 2.45. The molecule has 5 nitrogen and oxygen atoms in total. The maximum absolute atomic E-state index is 13.4. The van der Waals surface area contributed by atoms with E-state index in [9.17, 15) is 4.79 Å². The van der Waals surface area contributed by atoms with Crippen LogP contribution in [-0.2, 0) is 11.2 Å². The van der Waals surface area contributed by atoms with Crippen LogP contribution in [0.5, 0.6) is 0 Å². The van der Waals surface area contributed by atoms with Crippen LogP contribution >= 0.6 is 11.3 Å². The van der Waals surface area contributed by atoms with Crippen LogP contribution in [0.3, 0.4) is 0 Å². The van der Waals surface area contributed by atoms with Crippen LogP contribution in [0.25, 0.3) is 10.7 Å². The van der Waals surface area contributed by atoms with Crippen molar-refractivity contribution in [2.75, 3.05) is 19.6 Å². The molecule has 2 bridgehead atoms. The summed E-state index contributed by atoms with van der Waals surface area (Å²) in [7, 11) is 0. The molecule has 6 heteroatoms. The van der Waals surface area contributed by atoms with E-state index >= 15 is 0 Å². The van der Waals surface area contributed by atoms with E-state index in [1.165, 1.54) is 45.2 Å². The van der Waals surface area contributed by atoms with Gasteiger partial charge in [0, 0.05) is 30.7 Å². The van der Waals surface area contributed by atoms with E-state index < -0.39 is 0 Å². The van der Waals surface area contributed by atoms with E-state index in [0.29, 0.717) is 24.3 Å². The molecule has 1 aliphatic carbocycles. The summed E-state index contributed by atoms with van der Waals surface area (Å²) in [5, 5.41) is 2.92. The second-order valence-electron chi connectivity index (χ2n) is 9.63. The van der Waals surface area contributed by atoms with Crippen molar-refractivity contribution >= 4 is 17.2 Å². The van der Waals surface area contributed by atoms with Crippen molar-refractivity contribution in [1.29, 1.82) is 0 Å². The molecular formula is C25H30N4OS. The quantitative estimate of drug-likeness (QED) is 0.681. The summed E-state index contributed by atoms with van der Waals surface area (Å²) in [5.41, 5.74) is 3.31. The van der Waals surface area contributed by atoms with Crippen LogP contribution in [0.1, 0.15) is 44.2 Å². The maximum atomic E-state index is 13.4. The normalized spacial score (nSPS) is 30.3. The first-order valence-corrected chi connectivity index (χ1v) is 12.7. The van der Waals surface area contributed by atoms with Gasteiger partial charge >= 0.3 is 0 Å². The molecule has 3 saturated heterocycles. The Morgan fingerprint density at radius 3 is 3.06 bits per heavy atom. The molecule has 0 aromatic carbocycles. The minimum atomic E-state index is 0.243. The first-order valence-electron chi connectivity index (χ1n) is 11.9. The molecule has 6 rings (SSSR count). The van der Waals surface area contributed by atoms with Crippen molar-refractivity contribution in [1.82, 2.24) is 19.8 Å². The Bertz CT molecular complexity index is 986. The summed E-state index contributed by atoms with van der Waals surface area (Å²) in [6.07, 6.45) is 12.4. The van der Waals surface area contributed by atoms with Crippen molar-refractivity contribution in [2.45, 2.75) is 57.0 Å². The molecule has 4 atom stereocenters. The molecule has 0 N–H and O–H groups in total. The van der Waals surface area contributed by atoms with Crippen LogP contribution in [0.2, 0.25) is 0 Å². The van der Waals surface area contributed by atoms with E-state index in [4.69, 9.17) is 4.98 Å². The Kier molecular flexibility index (Phi) is 5.15. The number of nitrogens with zero attached hydrogens (tertiary/aromatic N) is 4. The summed E-state index contributed by atoms with van der Waals surface area (Å²) in [6.45, 7) is 3.31. The number of likely N-dealkylation sites (tertiary alicyclic amines) is 1. The Morgan fingerprint density at radius 2 is 2.16 bits per heavy atom. The Labute approximate surface area is 188 Å². The highest BCUT2D eigenvalue weighted by Gasteiger charge is 2.46. The highest BCUT2D eigenvalue weighted by molar-refractivity contribution is 7.13. The second-order valence-corrected chi connectivity index (χ2v) is 10.5. The van der Waals surface area contributed by atoms with E-state index in [-0.39, 0.29) is 5.91 Å². The lowest BCUT2D eigenvalue weighted by molar-refractivity contribution is -0.135. The fourth-order valence-electron chi connectivity index (χ4n) is 6.50. The number of fused-ring (bicyclic) bond motifs is 6. The molecule has 0 saturated carbocycles. The van der Waals surface area contributed by atoms with Gasteiger partial charge in [0.1, 0.15) is 5.01 Å². The van der Waals surface area contributed by atoms with E-state index in [2.05, 4.69) is 20.9 Å². The Hall–Kier alpha value is -2.05. The van der Waals surface area contributed by atoms with Gasteiger partial charge in [-0.05, 0) is 62.6 Å². The number of piperidine rings is 3. The fourth-order valence-corrected chi connectivity index (χ4v) is 7.30. The molecule has 0 spiro atoms. The maximum Gasteiger partial charge on any atom is 0.229 e. The highest BCUT2D eigenvalue weighted by atomic mass is 32.1. The molecule has 31 heavy (non-hydrogen) atoms. The van der Waals surface area contributed by atoms with Gasteiger partial charge in [0.05, 0.1) is 23.9 Å². The van der Waals surface area contributed by atoms with Crippen molar-refractivity contribution < 1.29 is 4.79 Å². The summed E-state index contributed by atoms with van der Waals surface area (Å²) < 4.78 is 0. The van der Waals surface area contributed by atoms with Crippen molar-refractivity contribution in [3.05, 3.63) is 47.1 Å². The van der Waals surface area contributed by atoms with Crippen molar-refractivity contribution in [3.63, 3.8) is 0 Å². The fraction of sp³-hybridized carbons (Fsp3) is 0.560. The van der Waals surface area contributed by atoms with Gasteiger partial charge in [0.25, 0.3) is 0 Å². The van der Waals surface area contributed by atoms with Crippen molar-refractivity contribution in [3.8, 4) is 10.7 Å². The van der Waals surface area contributed by atoms with Crippen LogP contribution in [-0.4, -0.2) is 57.4 Å². The van der Waals surface area contributed by atoms with Crippen LogP contribution in [0.15, 0.2) is 41.4 Å². The molecule has 0 radical (unpaired) electrons. The summed E-state index contributed by atoms with van der Waals surface area (Å²) in [5.74, 6) is 1.55. The molecule has 0 unspecified atom stereocenters. The number of carbonyl (C=O) groups is 1. The van der Waals surface area contributed by atoms with Gasteiger partial charge in [-0.2, -0.15) is 0 Å². The molecule has 5 heterocycles. The number of amides is 1. The average molecular weight is 435 g/mol. The van der Waals surface area contributed by atoms with E-state index in [1.54, 1.807) is 23.1 Å². The lowest BCUT2D eigenvalue weighted by Crippen LogP contribution is -2.60. The molecule has 2 aromatic rings. The van der Waals surface area contributed by atoms with E-state index in [0.717, 1.165) is 35.4 Å². The number of hydrogen-bond acceptors (Lipinski definition) is 5. The van der Waals surface area contributed by atoms with Gasteiger partial charge in [-0.3, -0.25) is 14.7 Å². The molecule has 2 aromatic heterocycles. The monoisotopic (exact) mass is 434 g/mol. The van der Waals surface area contributed by atoms with Gasteiger partial charge in [0.15, 0.2) is 0 Å². The summed E-state index contributed by atoms with van der Waals surface area (Å²) >= 11 is 1.58. The second kappa shape index (κ2) is 8.14. The van der Waals surface area contributed by atoms with Crippen molar-refractivity contribution in [2.24, 2.45) is 11.8 Å². The molecule has 4 aliphatic rings. The molecule has 162 valence electrons. The van der Waals surface area contributed by atoms with Gasteiger partial charge in [0.2, 0.25) is 5.91 Å². The first kappa shape index (κ1) is 19.6. The van der Waals surface area contributed by atoms with Crippen LogP contribution in [0.4, 0.5) is 0 Å². The third kappa shape index (κ3) is 3.64. The standard InChI is InChI=1S/C25H30N4OS/c30-23(14-20-16-31-25(27-20)21-7-1-3-9-26-21)29-11-5-6-17-12-18-13-19(24(17)29)15-28-10-4-2-8-22(18)28/h1,3,7,9,12,16,18-19,22,24H,2,4-6,8,10-11,13-15H2/t18-,19-,22+,24+/m0/s1. The number of rotatable bonds is 3. The van der Waals surface area contributed by atoms with Crippen LogP contribution in [0, 0.1) is 11.8 Å². The van der Waals surface area contributed by atoms with Gasteiger partial charge in [-0.15, -0.1) is 11.3 Å². The number of carbonyl (C=O) groups excluding carboxylic acids is 1. The third-order valence-electron chi connectivity index (χ3n) is 7.75. The molecule has 1 amide bonds. The van der Waals surface area contributed by atoms with Crippen LogP contribution < -0.4 is 0 Å². The number of pyridine rings is 1. The lowest BCUT2D eigenvalue weighted by atomic mass is 9.68. The van der Waals surface area contributed by atoms with Gasteiger partial charge in [-0.1, -0.05) is 24.1 Å². The Morgan fingerprint density at radius 1 is 1.19 bits per heavy atom. The predicted molar refractivity (Wildman–Crippen MR) is 123 cm³/mol. The van der Waals surface area contributed by atoms with Gasteiger partial charge < -0.3 is 4.90 Å². The largest absolute Gasteiger partial charge is 0.335 e. The number of hydrogen-bond donors (Lipinski definition) is 0. The molecule has 3 aliphatic heterocycles. The molecule has 3 fully saturated rings. The van der Waals surface area contributed by atoms with Gasteiger partial charge in [-0.25, -0.2) is 4.98 Å².